The number of benzene rings is 3. The van der Waals surface area contributed by atoms with Crippen LogP contribution in [-0.2, 0) is 10.0 Å². The van der Waals surface area contributed by atoms with Crippen molar-refractivity contribution in [2.75, 3.05) is 16.2 Å². The maximum Gasteiger partial charge on any atom is 0.264 e. The fourth-order valence-corrected chi connectivity index (χ4v) is 4.62. The Morgan fingerprint density at radius 3 is 2.30 bits per heavy atom. The third kappa shape index (κ3) is 4.67. The monoisotopic (exact) mass is 460 g/mol. The molecule has 8 heteroatoms. The van der Waals surface area contributed by atoms with E-state index < -0.39 is 15.9 Å². The zero-order valence-corrected chi connectivity index (χ0v) is 18.1. The molecule has 0 saturated heterocycles. The van der Waals surface area contributed by atoms with E-state index in [0.717, 1.165) is 0 Å². The minimum absolute atomic E-state index is 0.0178. The number of para-hydroxylation sites is 2. The van der Waals surface area contributed by atoms with Gasteiger partial charge in [-0.25, -0.2) is 8.42 Å². The third-order valence-electron chi connectivity index (χ3n) is 4.23. The van der Waals surface area contributed by atoms with Crippen LogP contribution in [0.3, 0.4) is 0 Å². The average molecular weight is 461 g/mol. The first-order valence-corrected chi connectivity index (χ1v) is 11.1. The van der Waals surface area contributed by atoms with E-state index in [1.807, 2.05) is 0 Å². The lowest BCUT2D eigenvalue weighted by Crippen LogP contribution is -2.31. The summed E-state index contributed by atoms with van der Waals surface area (Å²) in [6, 6.07) is 19.4. The van der Waals surface area contributed by atoms with Crippen molar-refractivity contribution in [2.24, 2.45) is 0 Å². The Labute approximate surface area is 185 Å². The van der Waals surface area contributed by atoms with Gasteiger partial charge in [0.25, 0.3) is 15.9 Å². The van der Waals surface area contributed by atoms with Gasteiger partial charge in [0, 0.05) is 0 Å². The number of nitrogens with zero attached hydrogens (tertiary/aromatic N) is 1. The molecule has 0 fully saturated rings. The molecule has 1 N–H and O–H groups in total. The first-order valence-electron chi connectivity index (χ1n) is 8.88. The molecule has 3 aromatic carbocycles. The molecule has 0 unspecified atom stereocenters. The van der Waals surface area contributed by atoms with Gasteiger partial charge in [-0.05, 0) is 42.5 Å². The van der Waals surface area contributed by atoms with Gasteiger partial charge in [-0.15, -0.1) is 6.58 Å². The van der Waals surface area contributed by atoms with Gasteiger partial charge in [-0.2, -0.15) is 0 Å². The zero-order chi connectivity index (χ0) is 21.7. The topological polar surface area (TPSA) is 66.5 Å². The van der Waals surface area contributed by atoms with E-state index in [1.54, 1.807) is 54.6 Å². The van der Waals surface area contributed by atoms with Gasteiger partial charge in [0.2, 0.25) is 0 Å². The molecule has 30 heavy (non-hydrogen) atoms. The Kier molecular flexibility index (Phi) is 6.82. The number of nitrogens with one attached hydrogen (secondary N) is 1. The summed E-state index contributed by atoms with van der Waals surface area (Å²) in [4.78, 5) is 12.7. The Hall–Kier alpha value is -2.80. The fraction of sp³-hybridized carbons (Fsp3) is 0.0455. The number of rotatable bonds is 7. The highest BCUT2D eigenvalue weighted by atomic mass is 35.5. The number of hydrogen-bond acceptors (Lipinski definition) is 3. The lowest BCUT2D eigenvalue weighted by atomic mass is 10.2. The van der Waals surface area contributed by atoms with Crippen molar-refractivity contribution in [3.8, 4) is 0 Å². The minimum Gasteiger partial charge on any atom is -0.321 e. The summed E-state index contributed by atoms with van der Waals surface area (Å²) in [6.07, 6.45) is 1.49. The van der Waals surface area contributed by atoms with Crippen LogP contribution in [0.2, 0.25) is 10.0 Å². The molecule has 0 aromatic heterocycles. The number of hydrogen-bond donors (Lipinski definition) is 1. The van der Waals surface area contributed by atoms with Crippen LogP contribution < -0.4 is 9.62 Å². The highest BCUT2D eigenvalue weighted by Gasteiger charge is 2.26. The molecular formula is C22H18Cl2N2O3S. The first kappa shape index (κ1) is 21.9. The normalized spacial score (nSPS) is 11.0. The zero-order valence-electron chi connectivity index (χ0n) is 15.8. The summed E-state index contributed by atoms with van der Waals surface area (Å²) in [7, 11) is -3.97. The van der Waals surface area contributed by atoms with Gasteiger partial charge in [-0.3, -0.25) is 9.10 Å². The van der Waals surface area contributed by atoms with Crippen molar-refractivity contribution in [2.45, 2.75) is 4.90 Å². The lowest BCUT2D eigenvalue weighted by molar-refractivity contribution is 0.102. The molecule has 3 rings (SSSR count). The van der Waals surface area contributed by atoms with Crippen LogP contribution in [0.5, 0.6) is 0 Å². The number of amides is 1. The second-order valence-corrected chi connectivity index (χ2v) is 8.91. The Morgan fingerprint density at radius 1 is 0.967 bits per heavy atom. The largest absolute Gasteiger partial charge is 0.321 e. The smallest absolute Gasteiger partial charge is 0.264 e. The molecule has 154 valence electrons. The van der Waals surface area contributed by atoms with Gasteiger partial charge in [0.1, 0.15) is 0 Å². The Bertz CT molecular complexity index is 1180. The van der Waals surface area contributed by atoms with Crippen molar-refractivity contribution in [3.63, 3.8) is 0 Å². The van der Waals surface area contributed by atoms with Crippen molar-refractivity contribution in [1.82, 2.24) is 0 Å². The molecule has 0 radical (unpaired) electrons. The van der Waals surface area contributed by atoms with Crippen LogP contribution in [-0.4, -0.2) is 20.9 Å². The van der Waals surface area contributed by atoms with Gasteiger partial charge < -0.3 is 5.32 Å². The van der Waals surface area contributed by atoms with Gasteiger partial charge in [0.15, 0.2) is 0 Å². The number of halogens is 2. The van der Waals surface area contributed by atoms with E-state index in [1.165, 1.54) is 28.6 Å². The summed E-state index contributed by atoms with van der Waals surface area (Å²) in [5.74, 6) is -0.569. The summed E-state index contributed by atoms with van der Waals surface area (Å²) < 4.78 is 27.8. The van der Waals surface area contributed by atoms with Crippen molar-refractivity contribution < 1.29 is 13.2 Å². The van der Waals surface area contributed by atoms with Gasteiger partial charge in [0.05, 0.1) is 38.4 Å². The highest BCUT2D eigenvalue weighted by Crippen LogP contribution is 2.28. The number of sulfonamides is 1. The van der Waals surface area contributed by atoms with E-state index in [-0.39, 0.29) is 22.0 Å². The van der Waals surface area contributed by atoms with Crippen LogP contribution in [0.4, 0.5) is 11.4 Å². The maximum absolute atomic E-state index is 13.3. The van der Waals surface area contributed by atoms with E-state index in [9.17, 15) is 13.2 Å². The minimum atomic E-state index is -3.97. The molecule has 0 heterocycles. The van der Waals surface area contributed by atoms with E-state index in [0.29, 0.717) is 16.4 Å². The van der Waals surface area contributed by atoms with Crippen LogP contribution in [0.25, 0.3) is 0 Å². The second kappa shape index (κ2) is 9.34. The quantitative estimate of drug-likeness (QED) is 0.464. The fourth-order valence-electron chi connectivity index (χ4n) is 2.77. The Balaban J connectivity index is 1.99. The van der Waals surface area contributed by atoms with Crippen molar-refractivity contribution in [3.05, 3.63) is 101 Å². The van der Waals surface area contributed by atoms with Crippen LogP contribution in [0.15, 0.2) is 90.3 Å². The summed E-state index contributed by atoms with van der Waals surface area (Å²) in [6.45, 7) is 3.71. The lowest BCUT2D eigenvalue weighted by Gasteiger charge is -2.23. The van der Waals surface area contributed by atoms with Crippen LogP contribution in [0.1, 0.15) is 10.4 Å². The van der Waals surface area contributed by atoms with E-state index in [2.05, 4.69) is 11.9 Å². The molecule has 0 aliphatic rings. The maximum atomic E-state index is 13.3. The molecular weight excluding hydrogens is 443 g/mol. The second-order valence-electron chi connectivity index (χ2n) is 6.24. The molecule has 0 aliphatic heterocycles. The number of carbonyl (C=O) groups is 1. The highest BCUT2D eigenvalue weighted by molar-refractivity contribution is 7.92. The SMILES string of the molecule is C=CCN(c1ccccc1)S(=O)(=O)c1ccc(Cl)c(C(=O)Nc2ccccc2Cl)c1. The summed E-state index contributed by atoms with van der Waals surface area (Å²) >= 11 is 12.3. The molecule has 0 saturated carbocycles. The number of anilines is 2. The van der Waals surface area contributed by atoms with Gasteiger partial charge in [-0.1, -0.05) is 59.6 Å². The summed E-state index contributed by atoms with van der Waals surface area (Å²) in [5.41, 5.74) is 0.893. The predicted molar refractivity (Wildman–Crippen MR) is 122 cm³/mol. The van der Waals surface area contributed by atoms with Crippen LogP contribution >= 0.6 is 23.2 Å². The standard InChI is InChI=1S/C22H18Cl2N2O3S/c1-2-14-26(16-8-4-3-5-9-16)30(28,29)17-12-13-19(23)18(15-17)22(27)25-21-11-7-6-10-20(21)24/h2-13,15H,1,14H2,(H,25,27). The van der Waals surface area contributed by atoms with E-state index in [4.69, 9.17) is 23.2 Å². The summed E-state index contributed by atoms with van der Waals surface area (Å²) in [5, 5.41) is 3.12. The third-order valence-corrected chi connectivity index (χ3v) is 6.68. The number of carbonyl (C=O) groups excluding carboxylic acids is 1. The van der Waals surface area contributed by atoms with Crippen molar-refractivity contribution >= 4 is 50.5 Å². The Morgan fingerprint density at radius 2 is 1.63 bits per heavy atom. The predicted octanol–water partition coefficient (Wildman–Crippen LogP) is 5.63. The molecule has 1 amide bonds. The molecule has 0 bridgehead atoms. The van der Waals surface area contributed by atoms with Gasteiger partial charge >= 0.3 is 0 Å². The molecule has 3 aromatic rings. The van der Waals surface area contributed by atoms with Crippen LogP contribution in [0, 0.1) is 0 Å². The average Bonchev–Trinajstić information content (AvgIpc) is 2.74. The van der Waals surface area contributed by atoms with E-state index >= 15 is 0 Å². The van der Waals surface area contributed by atoms with Crippen molar-refractivity contribution in [1.29, 1.82) is 0 Å². The molecule has 0 atom stereocenters. The molecule has 0 aliphatic carbocycles. The first-order chi connectivity index (χ1) is 14.3. The molecule has 0 spiro atoms. The molecule has 5 nitrogen and oxygen atoms in total.